The van der Waals surface area contributed by atoms with Gasteiger partial charge in [0.2, 0.25) is 0 Å². The Balaban J connectivity index is 1.46. The fourth-order valence-corrected chi connectivity index (χ4v) is 9.71. The summed E-state index contributed by atoms with van der Waals surface area (Å²) in [7, 11) is 1.16. The number of aromatic nitrogens is 2. The Morgan fingerprint density at radius 2 is 1.49 bits per heavy atom. The minimum absolute atomic E-state index is 0.0323. The molecule has 5 atom stereocenters. The number of nitro groups is 1. The second-order valence-electron chi connectivity index (χ2n) is 16.0. The third-order valence-electron chi connectivity index (χ3n) is 11.0. The third kappa shape index (κ3) is 12.1. The molecule has 5 aromatic rings. The van der Waals surface area contributed by atoms with Crippen LogP contribution in [-0.4, -0.2) is 89.6 Å². The molecule has 1 aliphatic rings. The maximum absolute atomic E-state index is 13.9. The van der Waals surface area contributed by atoms with Crippen LogP contribution in [0.3, 0.4) is 0 Å². The summed E-state index contributed by atoms with van der Waals surface area (Å²) >= 11 is 0. The van der Waals surface area contributed by atoms with Crippen LogP contribution in [0, 0.1) is 21.4 Å². The number of benzene rings is 4. The van der Waals surface area contributed by atoms with Gasteiger partial charge in [0.1, 0.15) is 35.3 Å². The number of aromatic amines is 1. The third-order valence-corrected chi connectivity index (χ3v) is 13.2. The number of methoxy groups -OCH3 is 2. The van der Waals surface area contributed by atoms with E-state index in [9.17, 15) is 29.8 Å². The molecule has 1 amide bonds. The van der Waals surface area contributed by atoms with Crippen molar-refractivity contribution in [1.29, 1.82) is 5.26 Å². The standard InChI is InChI=1S/C48H55N6O12P/c1-32(2)53(33(3)4)67(64-29-10-27-49)66-44-41(31-63-48(35-11-8-7-9-12-35,36-15-21-39(60-5)22-16-36)37-17-23-40(61-6)24-18-37)65-45(52-28-25-42(55)50-46(52)56)43(44)51-47(57)62-30-26-34-13-19-38(20-14-34)54(58)59/h7-9,11-25,28,32-33,41,43-45H,10,26,29-31H2,1-6H3,(H,51,57)(H,50,55,56)/t41-,43+,44-,45-,67?/m1/s1. The van der Waals surface area contributed by atoms with Crippen LogP contribution < -0.4 is 26.0 Å². The first-order chi connectivity index (χ1) is 32.3. The summed E-state index contributed by atoms with van der Waals surface area (Å²) in [6, 6.07) is 32.3. The lowest BCUT2D eigenvalue weighted by Gasteiger charge is -2.39. The lowest BCUT2D eigenvalue weighted by Crippen LogP contribution is -2.50. The molecule has 67 heavy (non-hydrogen) atoms. The van der Waals surface area contributed by atoms with E-state index in [-0.39, 0.29) is 50.4 Å². The maximum Gasteiger partial charge on any atom is 0.407 e. The van der Waals surface area contributed by atoms with Crippen LogP contribution in [0.4, 0.5) is 10.5 Å². The van der Waals surface area contributed by atoms with Gasteiger partial charge in [-0.15, -0.1) is 0 Å². The minimum atomic E-state index is -2.00. The van der Waals surface area contributed by atoms with E-state index in [1.165, 1.54) is 18.3 Å². The number of alkyl carbamates (subject to hydrolysis) is 1. The van der Waals surface area contributed by atoms with Gasteiger partial charge >= 0.3 is 11.8 Å². The van der Waals surface area contributed by atoms with E-state index in [0.717, 1.165) is 27.3 Å². The van der Waals surface area contributed by atoms with E-state index >= 15 is 0 Å². The van der Waals surface area contributed by atoms with Crippen molar-refractivity contribution in [3.05, 3.63) is 169 Å². The summed E-state index contributed by atoms with van der Waals surface area (Å²) in [5, 5.41) is 23.6. The molecule has 18 nitrogen and oxygen atoms in total. The van der Waals surface area contributed by atoms with Crippen LogP contribution >= 0.6 is 8.53 Å². The second-order valence-corrected chi connectivity index (χ2v) is 17.4. The van der Waals surface area contributed by atoms with E-state index in [1.54, 1.807) is 26.4 Å². The number of ether oxygens (including phenoxy) is 5. The predicted molar refractivity (Wildman–Crippen MR) is 249 cm³/mol. The first-order valence-corrected chi connectivity index (χ1v) is 22.8. The van der Waals surface area contributed by atoms with Crippen LogP contribution in [0.2, 0.25) is 0 Å². The van der Waals surface area contributed by atoms with Gasteiger partial charge in [0.15, 0.2) is 6.23 Å². The monoisotopic (exact) mass is 938 g/mol. The second kappa shape index (κ2) is 23.3. The average Bonchev–Trinajstić information content (AvgIpc) is 3.64. The van der Waals surface area contributed by atoms with Gasteiger partial charge in [-0.2, -0.15) is 5.26 Å². The number of hydrogen-bond acceptors (Lipinski definition) is 14. The van der Waals surface area contributed by atoms with Gasteiger partial charge in [-0.05, 0) is 74.2 Å². The topological polar surface area (TPSA) is 219 Å². The molecule has 0 radical (unpaired) electrons. The number of carbonyl (C=O) groups is 1. The van der Waals surface area contributed by atoms with Crippen LogP contribution in [0.1, 0.15) is 62.6 Å². The van der Waals surface area contributed by atoms with E-state index in [2.05, 4.69) is 16.4 Å². The van der Waals surface area contributed by atoms with Gasteiger partial charge in [-0.3, -0.25) is 24.5 Å². The predicted octanol–water partition coefficient (Wildman–Crippen LogP) is 7.37. The van der Waals surface area contributed by atoms with Crippen molar-refractivity contribution >= 4 is 20.3 Å². The molecule has 0 saturated carbocycles. The fraction of sp³-hybridized carbons (Fsp3) is 0.375. The Kier molecular flexibility index (Phi) is 17.4. The Hall–Kier alpha value is -6.45. The Morgan fingerprint density at radius 3 is 2.03 bits per heavy atom. The molecule has 1 fully saturated rings. The number of rotatable bonds is 22. The van der Waals surface area contributed by atoms with Crippen molar-refractivity contribution in [1.82, 2.24) is 19.5 Å². The first-order valence-electron chi connectivity index (χ1n) is 21.7. The van der Waals surface area contributed by atoms with E-state index < -0.39 is 60.9 Å². The SMILES string of the molecule is COc1ccc(C(OC[C@H]2O[C@@H](n3ccc(=O)[nH]c3=O)[C@@H](NC(=O)OCCc3ccc([N+](=O)[O-])cc3)[C@@H]2OP(OCCC#N)N(C(C)C)C(C)C)(c2ccccc2)c2ccc(OC)cc2)cc1. The molecule has 1 aromatic heterocycles. The molecule has 1 unspecified atom stereocenters. The first kappa shape index (κ1) is 50.0. The lowest BCUT2D eigenvalue weighted by molar-refractivity contribution is -0.384. The smallest absolute Gasteiger partial charge is 0.407 e. The van der Waals surface area contributed by atoms with Gasteiger partial charge in [0.05, 0.1) is 51.5 Å². The van der Waals surface area contributed by atoms with E-state index in [4.69, 9.17) is 32.7 Å². The molecule has 19 heteroatoms. The molecule has 0 bridgehead atoms. The highest BCUT2D eigenvalue weighted by atomic mass is 31.2. The average molecular weight is 939 g/mol. The number of amides is 1. The Labute approximate surface area is 389 Å². The summed E-state index contributed by atoms with van der Waals surface area (Å²) in [6.45, 7) is 7.64. The quantitative estimate of drug-likeness (QED) is 0.0228. The number of nitrogens with one attached hydrogen (secondary N) is 2. The molecular formula is C48H55N6O12P. The van der Waals surface area contributed by atoms with Gasteiger partial charge in [0, 0.05) is 42.9 Å². The number of nitro benzene ring substituents is 1. The number of nitrogens with zero attached hydrogens (tertiary/aromatic N) is 4. The van der Waals surface area contributed by atoms with E-state index in [1.807, 2.05) is 111 Å². The van der Waals surface area contributed by atoms with Crippen molar-refractivity contribution in [3.8, 4) is 17.6 Å². The summed E-state index contributed by atoms with van der Waals surface area (Å²) in [5.74, 6) is 1.25. The van der Waals surface area contributed by atoms with Crippen molar-refractivity contribution in [2.45, 2.75) is 82.7 Å². The number of nitriles is 1. The van der Waals surface area contributed by atoms with E-state index in [0.29, 0.717) is 17.1 Å². The normalized spacial score (nSPS) is 17.6. The van der Waals surface area contributed by atoms with Crippen molar-refractivity contribution in [2.24, 2.45) is 0 Å². The summed E-state index contributed by atoms with van der Waals surface area (Å²) in [5.41, 5.74) is 0.0509. The van der Waals surface area contributed by atoms with Crippen molar-refractivity contribution in [2.75, 3.05) is 34.0 Å². The van der Waals surface area contributed by atoms with Crippen molar-refractivity contribution in [3.63, 3.8) is 0 Å². The van der Waals surface area contributed by atoms with Gasteiger partial charge in [-0.25, -0.2) is 14.3 Å². The summed E-state index contributed by atoms with van der Waals surface area (Å²) in [6.07, 6.45) is -2.83. The highest BCUT2D eigenvalue weighted by molar-refractivity contribution is 7.44. The summed E-state index contributed by atoms with van der Waals surface area (Å²) < 4.78 is 47.4. The highest BCUT2D eigenvalue weighted by Crippen LogP contribution is 2.51. The Morgan fingerprint density at radius 1 is 0.896 bits per heavy atom. The van der Waals surface area contributed by atoms with Crippen LogP contribution in [-0.2, 0) is 35.3 Å². The van der Waals surface area contributed by atoms with Crippen LogP contribution in [0.15, 0.2) is 125 Å². The highest BCUT2D eigenvalue weighted by Gasteiger charge is 2.51. The maximum atomic E-state index is 13.9. The molecule has 6 rings (SSSR count). The molecule has 0 aliphatic carbocycles. The number of hydrogen-bond donors (Lipinski definition) is 2. The molecule has 1 saturated heterocycles. The Bertz CT molecular complexity index is 2500. The summed E-state index contributed by atoms with van der Waals surface area (Å²) in [4.78, 5) is 52.9. The van der Waals surface area contributed by atoms with Gasteiger partial charge in [0.25, 0.3) is 19.8 Å². The lowest BCUT2D eigenvalue weighted by atomic mass is 9.80. The fourth-order valence-electron chi connectivity index (χ4n) is 7.93. The van der Waals surface area contributed by atoms with Gasteiger partial charge in [-0.1, -0.05) is 66.7 Å². The van der Waals surface area contributed by atoms with Crippen LogP contribution in [0.25, 0.3) is 0 Å². The molecule has 0 spiro atoms. The zero-order valence-corrected chi connectivity index (χ0v) is 39.0. The number of carbonyl (C=O) groups excluding carboxylic acids is 1. The van der Waals surface area contributed by atoms with Crippen LogP contribution in [0.5, 0.6) is 11.5 Å². The molecule has 1 aliphatic heterocycles. The molecule has 2 N–H and O–H groups in total. The largest absolute Gasteiger partial charge is 0.497 e. The molecule has 354 valence electrons. The molecular weight excluding hydrogens is 884 g/mol. The number of H-pyrrole nitrogens is 1. The van der Waals surface area contributed by atoms with Crippen molar-refractivity contribution < 1.29 is 42.4 Å². The minimum Gasteiger partial charge on any atom is -0.497 e. The molecule has 4 aromatic carbocycles. The number of non-ortho nitro benzene ring substituents is 1. The molecule has 2 heterocycles. The van der Waals surface area contributed by atoms with Gasteiger partial charge < -0.3 is 38.0 Å². The zero-order chi connectivity index (χ0) is 48.1. The zero-order valence-electron chi connectivity index (χ0n) is 38.1.